The molecule has 0 fully saturated rings. The van der Waals surface area contributed by atoms with Gasteiger partial charge in [-0.05, 0) is 35.4 Å². The van der Waals surface area contributed by atoms with Crippen LogP contribution in [0.2, 0.25) is 0 Å². The summed E-state index contributed by atoms with van der Waals surface area (Å²) in [5, 5.41) is 3.81. The van der Waals surface area contributed by atoms with Crippen molar-refractivity contribution in [1.29, 1.82) is 0 Å². The highest BCUT2D eigenvalue weighted by molar-refractivity contribution is 8.25. The largest absolute Gasteiger partial charge is 0.237 e. The molecule has 4 nitrogen and oxygen atoms in total. The summed E-state index contributed by atoms with van der Waals surface area (Å²) in [6, 6.07) is 37.4. The zero-order valence-corrected chi connectivity index (χ0v) is 24.1. The molecule has 190 valence electrons. The van der Waals surface area contributed by atoms with E-state index in [0.29, 0.717) is 0 Å². The minimum absolute atomic E-state index is 0.917. The van der Waals surface area contributed by atoms with E-state index in [1.807, 2.05) is 48.5 Å². The van der Waals surface area contributed by atoms with Gasteiger partial charge >= 0.3 is 0 Å². The summed E-state index contributed by atoms with van der Waals surface area (Å²) in [5.41, 5.74) is 8.34. The lowest BCUT2D eigenvalue weighted by Crippen LogP contribution is -1.94. The van der Waals surface area contributed by atoms with Crippen molar-refractivity contribution in [3.8, 4) is 0 Å². The molecule has 0 saturated carbocycles. The van der Waals surface area contributed by atoms with Crippen molar-refractivity contribution in [3.63, 3.8) is 0 Å². The molecule has 4 aromatic carbocycles. The molecule has 8 heteroatoms. The van der Waals surface area contributed by atoms with Crippen LogP contribution in [0.1, 0.15) is 11.1 Å². The Hall–Kier alpha value is -3.56. The Kier molecular flexibility index (Phi) is 6.14. The van der Waals surface area contributed by atoms with E-state index >= 15 is 0 Å². The highest BCUT2D eigenvalue weighted by Crippen LogP contribution is 2.59. The van der Waals surface area contributed by atoms with Gasteiger partial charge in [0, 0.05) is 11.1 Å². The van der Waals surface area contributed by atoms with Crippen molar-refractivity contribution in [1.82, 2.24) is 19.9 Å². The van der Waals surface area contributed by atoms with E-state index in [2.05, 4.69) is 60.7 Å². The normalized spacial score (nSPS) is 14.0. The molecule has 2 aromatic heterocycles. The summed E-state index contributed by atoms with van der Waals surface area (Å²) in [4.78, 5) is 19.9. The van der Waals surface area contributed by atoms with Crippen molar-refractivity contribution in [2.24, 2.45) is 0 Å². The number of rotatable bonds is 3. The Morgan fingerprint density at radius 2 is 0.625 bits per heavy atom. The maximum Gasteiger partial charge on any atom is 0.135 e. The van der Waals surface area contributed by atoms with Gasteiger partial charge in [-0.3, -0.25) is 0 Å². The summed E-state index contributed by atoms with van der Waals surface area (Å²) < 4.78 is 2.34. The van der Waals surface area contributed by atoms with Crippen molar-refractivity contribution in [2.75, 3.05) is 0 Å². The molecule has 0 atom stereocenters. The van der Waals surface area contributed by atoms with Crippen LogP contribution in [-0.4, -0.2) is 19.9 Å². The highest BCUT2D eigenvalue weighted by Gasteiger charge is 2.32. The molecule has 0 amide bonds. The molecule has 4 heterocycles. The lowest BCUT2D eigenvalue weighted by molar-refractivity contribution is 0.981. The van der Waals surface area contributed by atoms with Crippen molar-refractivity contribution in [2.45, 2.75) is 20.1 Å². The molecule has 8 rings (SSSR count). The number of fused-ring (bicyclic) bond motifs is 4. The van der Waals surface area contributed by atoms with Gasteiger partial charge in [0.2, 0.25) is 0 Å². The molecular weight excluding hydrogens is 569 g/mol. The van der Waals surface area contributed by atoms with Crippen LogP contribution < -0.4 is 0 Å². The SMILES string of the molecule is c1ccc(C(=C2Sc3nc4ccccc4nc3S2)C(=C2Sc3nc4ccccc4nc3S2)c2ccccc2)cc1. The summed E-state index contributed by atoms with van der Waals surface area (Å²) in [7, 11) is 0. The monoisotopic (exact) mass is 586 g/mol. The lowest BCUT2D eigenvalue weighted by Gasteiger charge is -2.18. The third-order valence-corrected chi connectivity index (χ3v) is 11.3. The topological polar surface area (TPSA) is 51.6 Å². The highest BCUT2D eigenvalue weighted by atomic mass is 32.2. The minimum Gasteiger partial charge on any atom is -0.237 e. The third kappa shape index (κ3) is 4.32. The van der Waals surface area contributed by atoms with Gasteiger partial charge in [-0.1, -0.05) is 132 Å². The van der Waals surface area contributed by atoms with Crippen LogP contribution in [0.3, 0.4) is 0 Å². The Balaban J connectivity index is 1.35. The quantitative estimate of drug-likeness (QED) is 0.203. The van der Waals surface area contributed by atoms with Crippen LogP contribution in [0.25, 0.3) is 33.2 Å². The average Bonchev–Trinajstić information content (AvgIpc) is 3.61. The van der Waals surface area contributed by atoms with Crippen LogP contribution in [0.4, 0.5) is 0 Å². The number of nitrogens with zero attached hydrogens (tertiary/aromatic N) is 4. The van der Waals surface area contributed by atoms with Gasteiger partial charge in [-0.2, -0.15) is 0 Å². The van der Waals surface area contributed by atoms with E-state index in [4.69, 9.17) is 19.9 Å². The first-order chi connectivity index (χ1) is 19.8. The number of aromatic nitrogens is 4. The zero-order chi connectivity index (χ0) is 26.5. The summed E-state index contributed by atoms with van der Waals surface area (Å²) in [6.45, 7) is 0. The fraction of sp³-hybridized carbons (Fsp3) is 0. The fourth-order valence-electron chi connectivity index (χ4n) is 4.74. The minimum atomic E-state index is 0.917. The Bertz CT molecular complexity index is 1770. The van der Waals surface area contributed by atoms with Gasteiger partial charge < -0.3 is 0 Å². The third-order valence-electron chi connectivity index (χ3n) is 6.56. The van der Waals surface area contributed by atoms with E-state index in [1.54, 1.807) is 47.0 Å². The van der Waals surface area contributed by atoms with Crippen molar-refractivity contribution >= 4 is 80.3 Å². The second-order valence-electron chi connectivity index (χ2n) is 9.11. The van der Waals surface area contributed by atoms with Gasteiger partial charge in [-0.25, -0.2) is 19.9 Å². The zero-order valence-electron chi connectivity index (χ0n) is 20.8. The molecule has 0 radical (unpaired) electrons. The van der Waals surface area contributed by atoms with Crippen LogP contribution in [0.5, 0.6) is 0 Å². The van der Waals surface area contributed by atoms with Crippen molar-refractivity contribution < 1.29 is 0 Å². The first kappa shape index (κ1) is 24.3. The van der Waals surface area contributed by atoms with Crippen LogP contribution in [-0.2, 0) is 0 Å². The Labute approximate surface area is 247 Å². The summed E-state index contributed by atoms with van der Waals surface area (Å²) in [5.74, 6) is 0. The van der Waals surface area contributed by atoms with Gasteiger partial charge in [0.15, 0.2) is 0 Å². The van der Waals surface area contributed by atoms with E-state index in [1.165, 1.54) is 19.6 Å². The Morgan fingerprint density at radius 1 is 0.350 bits per heavy atom. The number of hydrogen-bond acceptors (Lipinski definition) is 8. The molecule has 2 aliphatic heterocycles. The standard InChI is InChI=1S/C32H18N4S4/c1-3-11-19(12-4-1)25(31-37-27-28(38-31)34-22-16-8-7-15-21(22)33-27)26(20-13-5-2-6-14-20)32-39-29-30(40-32)36-24-18-10-9-17-23(24)35-29/h1-18H. The lowest BCUT2D eigenvalue weighted by atomic mass is 9.95. The van der Waals surface area contributed by atoms with Crippen LogP contribution in [0.15, 0.2) is 138 Å². The smallest absolute Gasteiger partial charge is 0.135 e. The molecule has 0 unspecified atom stereocenters. The second kappa shape index (κ2) is 10.1. The van der Waals surface area contributed by atoms with E-state index in [9.17, 15) is 0 Å². The first-order valence-electron chi connectivity index (χ1n) is 12.6. The van der Waals surface area contributed by atoms with Crippen molar-refractivity contribution in [3.05, 3.63) is 129 Å². The van der Waals surface area contributed by atoms with E-state index in [0.717, 1.165) is 53.3 Å². The number of hydrogen-bond donors (Lipinski definition) is 0. The fourth-order valence-corrected chi connectivity index (χ4v) is 9.62. The van der Waals surface area contributed by atoms with Gasteiger partial charge in [0.05, 0.1) is 30.5 Å². The van der Waals surface area contributed by atoms with Gasteiger partial charge in [-0.15, -0.1) is 0 Å². The predicted octanol–water partition coefficient (Wildman–Crippen LogP) is 9.41. The molecule has 0 saturated heterocycles. The average molecular weight is 587 g/mol. The molecule has 0 N–H and O–H groups in total. The first-order valence-corrected chi connectivity index (χ1v) is 15.9. The predicted molar refractivity (Wildman–Crippen MR) is 169 cm³/mol. The van der Waals surface area contributed by atoms with E-state index < -0.39 is 0 Å². The number of allylic oxidation sites excluding steroid dienone is 2. The Morgan fingerprint density at radius 3 is 0.925 bits per heavy atom. The number of benzene rings is 4. The molecular formula is C32H18N4S4. The van der Waals surface area contributed by atoms with Gasteiger partial charge in [0.1, 0.15) is 20.1 Å². The molecule has 0 spiro atoms. The van der Waals surface area contributed by atoms with E-state index in [-0.39, 0.29) is 0 Å². The molecule has 0 aliphatic carbocycles. The second-order valence-corrected chi connectivity index (χ2v) is 13.6. The maximum absolute atomic E-state index is 4.97. The maximum atomic E-state index is 4.97. The molecule has 40 heavy (non-hydrogen) atoms. The number of para-hydroxylation sites is 4. The molecule has 2 aliphatic rings. The molecule has 6 aromatic rings. The van der Waals surface area contributed by atoms with Crippen LogP contribution in [0, 0.1) is 0 Å². The molecule has 0 bridgehead atoms. The number of thioether (sulfide) groups is 4. The summed E-state index contributed by atoms with van der Waals surface area (Å²) >= 11 is 6.83. The van der Waals surface area contributed by atoms with Crippen LogP contribution >= 0.6 is 47.0 Å². The van der Waals surface area contributed by atoms with Gasteiger partial charge in [0.25, 0.3) is 0 Å². The summed E-state index contributed by atoms with van der Waals surface area (Å²) in [6.07, 6.45) is 0.